The zero-order valence-electron chi connectivity index (χ0n) is 23.3. The molecule has 3 N–H and O–H groups in total. The van der Waals surface area contributed by atoms with Crippen LogP contribution >= 0.6 is 0 Å². The molecule has 4 aliphatic rings. The van der Waals surface area contributed by atoms with Crippen molar-refractivity contribution >= 4 is 23.4 Å². The predicted octanol–water partition coefficient (Wildman–Crippen LogP) is 1.01. The number of rotatable bonds is 13. The SMILES string of the molecule is CCOc1ccc(NC(=O)[C@@H]2[C@@H]3CCC4(O3)C(C(=O)NCCN3CCOCC3)N(CCCCCO)C(=O)[C@H]24)cc1. The number of nitrogens with zero attached hydrogens (tertiary/aromatic N) is 2. The number of likely N-dealkylation sites (tertiary alicyclic amines) is 1. The minimum Gasteiger partial charge on any atom is -0.494 e. The Kier molecular flexibility index (Phi) is 9.24. The molecule has 2 unspecified atom stereocenters. The molecule has 0 aliphatic carbocycles. The fraction of sp³-hybridized carbons (Fsp3) is 0.690. The molecule has 1 spiro atoms. The number of nitrogens with one attached hydrogen (secondary N) is 2. The minimum atomic E-state index is -1.01. The van der Waals surface area contributed by atoms with Crippen molar-refractivity contribution in [1.82, 2.24) is 15.1 Å². The van der Waals surface area contributed by atoms with Crippen LogP contribution in [0.2, 0.25) is 0 Å². The standard InChI is InChI=1S/C29H42N4O7/c1-2-39-21-8-6-20(7-9-21)31-26(35)23-22-10-11-29(40-22)24(23)28(37)33(13-4-3-5-17-34)25(29)27(36)30-12-14-32-15-18-38-19-16-32/h6-9,22-25,34H,2-5,10-19H2,1H3,(H,30,36)(H,31,35)/t22-,23+,24-,25?,29?/m0/s1. The molecule has 1 aromatic carbocycles. The summed E-state index contributed by atoms with van der Waals surface area (Å²) in [6, 6.07) is 6.37. The van der Waals surface area contributed by atoms with E-state index in [1.165, 1.54) is 0 Å². The Balaban J connectivity index is 1.31. The molecule has 0 saturated carbocycles. The van der Waals surface area contributed by atoms with Gasteiger partial charge in [0.1, 0.15) is 17.4 Å². The number of carbonyl (C=O) groups is 3. The first-order valence-corrected chi connectivity index (χ1v) is 14.7. The molecule has 220 valence electrons. The molecule has 0 aromatic heterocycles. The molecule has 4 saturated heterocycles. The van der Waals surface area contributed by atoms with E-state index in [0.717, 1.165) is 19.5 Å². The number of morpholine rings is 1. The van der Waals surface area contributed by atoms with Gasteiger partial charge in [0.2, 0.25) is 17.7 Å². The lowest BCUT2D eigenvalue weighted by molar-refractivity contribution is -0.141. The number of aliphatic hydroxyl groups is 1. The van der Waals surface area contributed by atoms with E-state index in [1.54, 1.807) is 29.2 Å². The third-order valence-electron chi connectivity index (χ3n) is 8.67. The number of anilines is 1. The van der Waals surface area contributed by atoms with Gasteiger partial charge in [-0.25, -0.2) is 0 Å². The van der Waals surface area contributed by atoms with Crippen LogP contribution in [-0.2, 0) is 23.9 Å². The summed E-state index contributed by atoms with van der Waals surface area (Å²) >= 11 is 0. The van der Waals surface area contributed by atoms with E-state index in [-0.39, 0.29) is 24.3 Å². The van der Waals surface area contributed by atoms with Gasteiger partial charge in [-0.3, -0.25) is 19.3 Å². The van der Waals surface area contributed by atoms with E-state index in [1.807, 2.05) is 6.92 Å². The van der Waals surface area contributed by atoms with E-state index in [4.69, 9.17) is 14.2 Å². The maximum absolute atomic E-state index is 14.0. The average Bonchev–Trinajstić information content (AvgIpc) is 3.60. The highest BCUT2D eigenvalue weighted by Crippen LogP contribution is 2.58. The lowest BCUT2D eigenvalue weighted by atomic mass is 9.70. The number of fused-ring (bicyclic) bond motifs is 1. The Bertz CT molecular complexity index is 1050. The number of unbranched alkanes of at least 4 members (excludes halogenated alkanes) is 2. The number of amides is 3. The Hall–Kier alpha value is -2.73. The maximum Gasteiger partial charge on any atom is 0.245 e. The van der Waals surface area contributed by atoms with Gasteiger partial charge >= 0.3 is 0 Å². The van der Waals surface area contributed by atoms with Crippen LogP contribution in [0.4, 0.5) is 5.69 Å². The van der Waals surface area contributed by atoms with Crippen LogP contribution in [-0.4, -0.2) is 110 Å². The molecule has 11 nitrogen and oxygen atoms in total. The van der Waals surface area contributed by atoms with E-state index in [9.17, 15) is 19.5 Å². The number of aliphatic hydroxyl groups excluding tert-OH is 1. The summed E-state index contributed by atoms with van der Waals surface area (Å²) < 4.78 is 17.4. The lowest BCUT2D eigenvalue weighted by Crippen LogP contribution is -2.56. The van der Waals surface area contributed by atoms with Crippen molar-refractivity contribution in [3.63, 3.8) is 0 Å². The van der Waals surface area contributed by atoms with Crippen molar-refractivity contribution in [1.29, 1.82) is 0 Å². The quantitative estimate of drug-likeness (QED) is 0.306. The summed E-state index contributed by atoms with van der Waals surface area (Å²) in [5, 5.41) is 15.2. The van der Waals surface area contributed by atoms with Gasteiger partial charge in [-0.2, -0.15) is 0 Å². The molecule has 4 fully saturated rings. The van der Waals surface area contributed by atoms with Crippen LogP contribution in [0.15, 0.2) is 24.3 Å². The summed E-state index contributed by atoms with van der Waals surface area (Å²) in [6.07, 6.45) is 2.83. The summed E-state index contributed by atoms with van der Waals surface area (Å²) in [6.45, 7) is 7.15. The fourth-order valence-corrected chi connectivity index (χ4v) is 6.85. The van der Waals surface area contributed by atoms with Crippen LogP contribution in [0.1, 0.15) is 39.0 Å². The summed E-state index contributed by atoms with van der Waals surface area (Å²) in [7, 11) is 0. The van der Waals surface area contributed by atoms with Gasteiger partial charge in [-0.15, -0.1) is 0 Å². The first kappa shape index (κ1) is 28.8. The molecule has 40 heavy (non-hydrogen) atoms. The van der Waals surface area contributed by atoms with Gasteiger partial charge in [0, 0.05) is 45.0 Å². The van der Waals surface area contributed by atoms with Crippen molar-refractivity contribution in [3.8, 4) is 5.75 Å². The third kappa shape index (κ3) is 5.70. The second-order valence-electron chi connectivity index (χ2n) is 11.1. The lowest BCUT2D eigenvalue weighted by Gasteiger charge is -2.34. The number of hydrogen-bond donors (Lipinski definition) is 3. The zero-order valence-corrected chi connectivity index (χ0v) is 23.3. The summed E-state index contributed by atoms with van der Waals surface area (Å²) in [5.41, 5.74) is -0.392. The highest BCUT2D eigenvalue weighted by atomic mass is 16.5. The molecule has 4 heterocycles. The largest absolute Gasteiger partial charge is 0.494 e. The van der Waals surface area contributed by atoms with E-state index in [2.05, 4.69) is 15.5 Å². The Morgan fingerprint density at radius 1 is 1.10 bits per heavy atom. The van der Waals surface area contributed by atoms with E-state index >= 15 is 0 Å². The van der Waals surface area contributed by atoms with Crippen molar-refractivity contribution in [2.75, 3.05) is 64.5 Å². The Labute approximate surface area is 235 Å². The van der Waals surface area contributed by atoms with Crippen molar-refractivity contribution in [2.45, 2.75) is 56.8 Å². The third-order valence-corrected chi connectivity index (χ3v) is 8.67. The number of hydrogen-bond acceptors (Lipinski definition) is 8. The average molecular weight is 559 g/mol. The topological polar surface area (TPSA) is 130 Å². The van der Waals surface area contributed by atoms with Crippen LogP contribution < -0.4 is 15.4 Å². The Morgan fingerprint density at radius 3 is 2.60 bits per heavy atom. The first-order chi connectivity index (χ1) is 19.5. The second-order valence-corrected chi connectivity index (χ2v) is 11.1. The normalized spacial score (nSPS) is 29.4. The van der Waals surface area contributed by atoms with Crippen LogP contribution in [0, 0.1) is 11.8 Å². The molecular weight excluding hydrogens is 516 g/mol. The second kappa shape index (κ2) is 12.8. The number of benzene rings is 1. The molecule has 4 aliphatic heterocycles. The van der Waals surface area contributed by atoms with Crippen molar-refractivity contribution < 1.29 is 33.7 Å². The molecule has 2 bridgehead atoms. The molecule has 1 aromatic rings. The minimum absolute atomic E-state index is 0.0878. The molecule has 0 radical (unpaired) electrons. The number of carbonyl (C=O) groups excluding carboxylic acids is 3. The van der Waals surface area contributed by atoms with Gasteiger partial charge < -0.3 is 34.9 Å². The molecule has 5 rings (SSSR count). The molecule has 11 heteroatoms. The highest BCUT2D eigenvalue weighted by Gasteiger charge is 2.74. The van der Waals surface area contributed by atoms with Gasteiger partial charge in [0.05, 0.1) is 37.8 Å². The molecular formula is C29H42N4O7. The molecule has 3 amide bonds. The summed E-state index contributed by atoms with van der Waals surface area (Å²) in [4.78, 5) is 45.2. The highest BCUT2D eigenvalue weighted by molar-refractivity contribution is 6.02. The molecule has 5 atom stereocenters. The van der Waals surface area contributed by atoms with Crippen molar-refractivity contribution in [2.24, 2.45) is 11.8 Å². The van der Waals surface area contributed by atoms with Gasteiger partial charge in [0.25, 0.3) is 0 Å². The monoisotopic (exact) mass is 558 g/mol. The maximum atomic E-state index is 14.0. The first-order valence-electron chi connectivity index (χ1n) is 14.7. The van der Waals surface area contributed by atoms with Crippen molar-refractivity contribution in [3.05, 3.63) is 24.3 Å². The van der Waals surface area contributed by atoms with Gasteiger partial charge in [-0.05, 0) is 63.3 Å². The van der Waals surface area contributed by atoms with Gasteiger partial charge in [0.15, 0.2) is 0 Å². The number of ether oxygens (including phenoxy) is 3. The van der Waals surface area contributed by atoms with Crippen LogP contribution in [0.25, 0.3) is 0 Å². The Morgan fingerprint density at radius 2 is 1.88 bits per heavy atom. The summed E-state index contributed by atoms with van der Waals surface area (Å²) in [5.74, 6) is -1.33. The predicted molar refractivity (Wildman–Crippen MR) is 147 cm³/mol. The van der Waals surface area contributed by atoms with Crippen LogP contribution in [0.3, 0.4) is 0 Å². The zero-order chi connectivity index (χ0) is 28.1. The van der Waals surface area contributed by atoms with Gasteiger partial charge in [-0.1, -0.05) is 0 Å². The van der Waals surface area contributed by atoms with E-state index < -0.39 is 29.6 Å². The fourth-order valence-electron chi connectivity index (χ4n) is 6.85. The smallest absolute Gasteiger partial charge is 0.245 e. The van der Waals surface area contributed by atoms with Crippen LogP contribution in [0.5, 0.6) is 5.75 Å². The van der Waals surface area contributed by atoms with E-state index in [0.29, 0.717) is 76.6 Å².